The number of likely N-dealkylation sites (tertiary alicyclic amines) is 1. The predicted molar refractivity (Wildman–Crippen MR) is 101 cm³/mol. The van der Waals surface area contributed by atoms with Crippen LogP contribution in [0.5, 0.6) is 0 Å². The number of alkyl carbamates (subject to hydrolysis) is 1. The Balaban J connectivity index is 0.000000636. The SMILES string of the molecule is CC/C(C=O)=C(/C(=O)OC(C)(C)C)N1CCC1=O.CNC(=O)OC(C)(C)C. The summed E-state index contributed by atoms with van der Waals surface area (Å²) in [5, 5.41) is 2.36. The molecule has 0 bridgehead atoms. The van der Waals surface area contributed by atoms with Crippen molar-refractivity contribution in [2.45, 2.75) is 72.5 Å². The summed E-state index contributed by atoms with van der Waals surface area (Å²) in [5.41, 5.74) is -0.645. The molecule has 0 atom stereocenters. The monoisotopic (exact) mass is 384 g/mol. The lowest BCUT2D eigenvalue weighted by Crippen LogP contribution is -2.46. The summed E-state index contributed by atoms with van der Waals surface area (Å²) in [6.45, 7) is 12.9. The van der Waals surface area contributed by atoms with Crippen molar-refractivity contribution >= 4 is 24.3 Å². The molecule has 1 aliphatic rings. The van der Waals surface area contributed by atoms with Crippen LogP contribution in [0.1, 0.15) is 61.3 Å². The fourth-order valence-corrected chi connectivity index (χ4v) is 1.93. The number of esters is 1. The van der Waals surface area contributed by atoms with E-state index in [0.717, 1.165) is 0 Å². The van der Waals surface area contributed by atoms with Crippen molar-refractivity contribution in [1.29, 1.82) is 0 Å². The molecule has 8 heteroatoms. The van der Waals surface area contributed by atoms with Gasteiger partial charge in [-0.15, -0.1) is 0 Å². The summed E-state index contributed by atoms with van der Waals surface area (Å²) in [5.74, 6) is -0.761. The van der Waals surface area contributed by atoms with Crippen molar-refractivity contribution in [1.82, 2.24) is 10.2 Å². The quantitative estimate of drug-likeness (QED) is 0.346. The number of allylic oxidation sites excluding steroid dienone is 1. The second-order valence-electron chi connectivity index (χ2n) is 7.89. The molecular formula is C19H32N2O6. The molecule has 2 amide bonds. The van der Waals surface area contributed by atoms with Crippen LogP contribution in [0, 0.1) is 0 Å². The second-order valence-corrected chi connectivity index (χ2v) is 7.89. The molecular weight excluding hydrogens is 352 g/mol. The third-order valence-corrected chi connectivity index (χ3v) is 3.14. The lowest BCUT2D eigenvalue weighted by molar-refractivity contribution is -0.156. The zero-order valence-electron chi connectivity index (χ0n) is 17.6. The third-order valence-electron chi connectivity index (χ3n) is 3.14. The van der Waals surface area contributed by atoms with Gasteiger partial charge in [0.05, 0.1) is 0 Å². The lowest BCUT2D eigenvalue weighted by atomic mass is 10.1. The molecule has 0 aromatic rings. The van der Waals surface area contributed by atoms with E-state index in [1.54, 1.807) is 27.7 Å². The minimum atomic E-state index is -0.655. The number of aldehydes is 1. The van der Waals surface area contributed by atoms with E-state index in [0.29, 0.717) is 31.2 Å². The van der Waals surface area contributed by atoms with Crippen LogP contribution in [0.3, 0.4) is 0 Å². The lowest BCUT2D eigenvalue weighted by Gasteiger charge is -2.33. The Morgan fingerprint density at radius 1 is 1.11 bits per heavy atom. The van der Waals surface area contributed by atoms with Gasteiger partial charge in [-0.25, -0.2) is 9.59 Å². The number of hydrogen-bond donors (Lipinski definition) is 1. The number of rotatable bonds is 4. The molecule has 0 aromatic heterocycles. The predicted octanol–water partition coefficient (Wildman–Crippen LogP) is 2.56. The molecule has 0 spiro atoms. The van der Waals surface area contributed by atoms with Crippen molar-refractivity contribution in [3.63, 3.8) is 0 Å². The molecule has 1 saturated heterocycles. The van der Waals surface area contributed by atoms with Gasteiger partial charge in [-0.2, -0.15) is 0 Å². The molecule has 27 heavy (non-hydrogen) atoms. The Morgan fingerprint density at radius 3 is 1.85 bits per heavy atom. The second kappa shape index (κ2) is 10.1. The minimum Gasteiger partial charge on any atom is -0.455 e. The maximum atomic E-state index is 12.1. The fraction of sp³-hybridized carbons (Fsp3) is 0.684. The van der Waals surface area contributed by atoms with Gasteiger partial charge in [0.2, 0.25) is 5.91 Å². The maximum absolute atomic E-state index is 12.1. The molecule has 154 valence electrons. The Bertz CT molecular complexity index is 596. The molecule has 1 rings (SSSR count). The van der Waals surface area contributed by atoms with Crippen molar-refractivity contribution < 1.29 is 28.7 Å². The van der Waals surface area contributed by atoms with Gasteiger partial charge in [-0.1, -0.05) is 6.92 Å². The molecule has 0 aromatic carbocycles. The smallest absolute Gasteiger partial charge is 0.407 e. The number of β-lactam (4-membered cyclic amide) rings is 1. The van der Waals surface area contributed by atoms with Crippen LogP contribution >= 0.6 is 0 Å². The average Bonchev–Trinajstić information content (AvgIpc) is 2.50. The van der Waals surface area contributed by atoms with Gasteiger partial charge in [0.1, 0.15) is 23.2 Å². The number of amides is 2. The number of carbonyl (C=O) groups is 4. The van der Waals surface area contributed by atoms with Crippen LogP contribution in [0.4, 0.5) is 4.79 Å². The maximum Gasteiger partial charge on any atom is 0.407 e. The van der Waals surface area contributed by atoms with E-state index in [9.17, 15) is 19.2 Å². The zero-order chi connectivity index (χ0) is 21.4. The highest BCUT2D eigenvalue weighted by Crippen LogP contribution is 2.23. The van der Waals surface area contributed by atoms with Gasteiger partial charge in [-0.05, 0) is 48.0 Å². The molecule has 0 unspecified atom stereocenters. The van der Waals surface area contributed by atoms with Gasteiger partial charge in [-0.3, -0.25) is 9.59 Å². The molecule has 0 aliphatic carbocycles. The third kappa shape index (κ3) is 9.21. The summed E-state index contributed by atoms with van der Waals surface area (Å²) >= 11 is 0. The molecule has 0 radical (unpaired) electrons. The van der Waals surface area contributed by atoms with Crippen molar-refractivity contribution in [2.75, 3.05) is 13.6 Å². The Kier molecular flexibility index (Phi) is 9.19. The van der Waals surface area contributed by atoms with Gasteiger partial charge in [0.25, 0.3) is 0 Å². The van der Waals surface area contributed by atoms with Crippen LogP contribution in [-0.2, 0) is 23.9 Å². The molecule has 1 aliphatic heterocycles. The summed E-state index contributed by atoms with van der Waals surface area (Å²) in [6, 6.07) is 0. The van der Waals surface area contributed by atoms with Gasteiger partial charge < -0.3 is 19.7 Å². The summed E-state index contributed by atoms with van der Waals surface area (Å²) in [7, 11) is 1.54. The topological polar surface area (TPSA) is 102 Å². The highest BCUT2D eigenvalue weighted by atomic mass is 16.6. The minimum absolute atomic E-state index is 0.0960. The van der Waals surface area contributed by atoms with Gasteiger partial charge in [0.15, 0.2) is 0 Å². The summed E-state index contributed by atoms with van der Waals surface area (Å²) in [6.07, 6.45) is 1.02. The first-order valence-electron chi connectivity index (χ1n) is 8.88. The first-order valence-corrected chi connectivity index (χ1v) is 8.88. The normalized spacial score (nSPS) is 14.8. The summed E-state index contributed by atoms with van der Waals surface area (Å²) < 4.78 is 10.1. The molecule has 1 heterocycles. The highest BCUT2D eigenvalue weighted by molar-refractivity contribution is 6.00. The number of nitrogens with one attached hydrogen (secondary N) is 1. The van der Waals surface area contributed by atoms with Crippen LogP contribution in [0.2, 0.25) is 0 Å². The number of hydrogen-bond acceptors (Lipinski definition) is 6. The Labute approximate surface area is 161 Å². The fourth-order valence-electron chi connectivity index (χ4n) is 1.93. The van der Waals surface area contributed by atoms with E-state index in [1.807, 2.05) is 20.8 Å². The van der Waals surface area contributed by atoms with Crippen molar-refractivity contribution in [3.8, 4) is 0 Å². The van der Waals surface area contributed by atoms with Crippen LogP contribution < -0.4 is 5.32 Å². The number of nitrogens with zero attached hydrogens (tertiary/aromatic N) is 1. The zero-order valence-corrected chi connectivity index (χ0v) is 17.6. The van der Waals surface area contributed by atoms with Crippen LogP contribution in [0.15, 0.2) is 11.3 Å². The molecule has 1 N–H and O–H groups in total. The van der Waals surface area contributed by atoms with Crippen LogP contribution in [-0.4, -0.2) is 54.0 Å². The molecule has 8 nitrogen and oxygen atoms in total. The van der Waals surface area contributed by atoms with E-state index in [-0.39, 0.29) is 23.3 Å². The van der Waals surface area contributed by atoms with E-state index in [2.05, 4.69) is 5.32 Å². The average molecular weight is 384 g/mol. The number of ether oxygens (including phenoxy) is 2. The highest BCUT2D eigenvalue weighted by Gasteiger charge is 2.35. The summed E-state index contributed by atoms with van der Waals surface area (Å²) in [4.78, 5) is 46.3. The number of carbonyl (C=O) groups excluding carboxylic acids is 4. The van der Waals surface area contributed by atoms with E-state index in [4.69, 9.17) is 9.47 Å². The first-order chi connectivity index (χ1) is 12.3. The van der Waals surface area contributed by atoms with E-state index >= 15 is 0 Å². The van der Waals surface area contributed by atoms with Crippen molar-refractivity contribution in [2.24, 2.45) is 0 Å². The largest absolute Gasteiger partial charge is 0.455 e. The Hall–Kier alpha value is -2.38. The first kappa shape index (κ1) is 24.6. The van der Waals surface area contributed by atoms with E-state index < -0.39 is 11.6 Å². The van der Waals surface area contributed by atoms with Crippen LogP contribution in [0.25, 0.3) is 0 Å². The molecule has 0 saturated carbocycles. The van der Waals surface area contributed by atoms with Gasteiger partial charge >= 0.3 is 12.1 Å². The standard InChI is InChI=1S/C13H19NO4.C6H13NO2/c1-5-9(8-15)11(14-7-6-10(14)16)12(17)18-13(2,3)4;1-6(2,3)9-5(8)7-4/h8H,5-7H2,1-4H3;1-4H3,(H,7,8)/b11-9+;. The molecule has 1 fully saturated rings. The van der Waals surface area contributed by atoms with Gasteiger partial charge in [0, 0.05) is 25.6 Å². The van der Waals surface area contributed by atoms with E-state index in [1.165, 1.54) is 11.9 Å². The Morgan fingerprint density at radius 2 is 1.63 bits per heavy atom. The van der Waals surface area contributed by atoms with Crippen molar-refractivity contribution in [3.05, 3.63) is 11.3 Å².